The van der Waals surface area contributed by atoms with Crippen LogP contribution in [0.2, 0.25) is 0 Å². The first-order valence-electron chi connectivity index (χ1n) is 14.6. The van der Waals surface area contributed by atoms with Crippen molar-refractivity contribution in [2.75, 3.05) is 11.4 Å². The Morgan fingerprint density at radius 1 is 0.977 bits per heavy atom. The van der Waals surface area contributed by atoms with Crippen molar-refractivity contribution in [3.05, 3.63) is 95.7 Å². The van der Waals surface area contributed by atoms with Crippen LogP contribution in [0.25, 0.3) is 16.9 Å². The molecule has 2 atom stereocenters. The fourth-order valence-electron chi connectivity index (χ4n) is 7.32. The Balaban J connectivity index is 1.23. The molecule has 3 aliphatic heterocycles. The third kappa shape index (κ3) is 4.56. The molecule has 4 aromatic rings. The van der Waals surface area contributed by atoms with Crippen molar-refractivity contribution in [1.29, 1.82) is 0 Å². The number of benzene rings is 2. The Hall–Kier alpha value is -4.54. The second kappa shape index (κ2) is 10.3. The minimum atomic E-state index is -4.85. The molecule has 0 aliphatic carbocycles. The summed E-state index contributed by atoms with van der Waals surface area (Å²) >= 11 is 0. The van der Waals surface area contributed by atoms with E-state index in [-0.39, 0.29) is 35.2 Å². The summed E-state index contributed by atoms with van der Waals surface area (Å²) < 4.78 is 55.6. The van der Waals surface area contributed by atoms with Gasteiger partial charge in [0.1, 0.15) is 11.4 Å². The molecule has 2 aromatic heterocycles. The third-order valence-electron chi connectivity index (χ3n) is 9.33. The van der Waals surface area contributed by atoms with Crippen LogP contribution in [0, 0.1) is 12.7 Å². The highest BCUT2D eigenvalue weighted by atomic mass is 19.4. The Kier molecular flexibility index (Phi) is 6.60. The number of piperidine rings is 1. The van der Waals surface area contributed by atoms with E-state index in [1.807, 2.05) is 36.1 Å². The van der Waals surface area contributed by atoms with Gasteiger partial charge >= 0.3 is 6.18 Å². The number of Topliss-reactive ketones (excluding diaryl/α,β-unsaturated/α-hetero) is 1. The number of ketones is 1. The number of amides is 1. The van der Waals surface area contributed by atoms with Crippen LogP contribution in [0.4, 0.5) is 23.2 Å². The number of anilines is 1. The van der Waals surface area contributed by atoms with E-state index in [0.29, 0.717) is 43.1 Å². The Morgan fingerprint density at radius 2 is 1.68 bits per heavy atom. The molecule has 3 fully saturated rings. The number of carbonyl (C=O) groups excluding carboxylic acids is 2. The SMILES string of the molecule is Cc1ccc(N2CCC(=O)C23CC2CCC(C3)N2C(=O)c2cc(-c3cccnc3)n(-c3ccc(C(F)(F)F)c(F)c3)n2)cc1. The summed E-state index contributed by atoms with van der Waals surface area (Å²) in [4.78, 5) is 35.8. The number of fused-ring (bicyclic) bond motifs is 2. The minimum absolute atomic E-state index is 0.0410. The average Bonchev–Trinajstić information content (AvgIpc) is 3.66. The number of hydrogen-bond acceptors (Lipinski definition) is 5. The molecule has 0 saturated carbocycles. The van der Waals surface area contributed by atoms with Crippen LogP contribution in [-0.4, -0.2) is 55.5 Å². The fraction of sp³-hybridized carbons (Fsp3) is 0.333. The summed E-state index contributed by atoms with van der Waals surface area (Å²) in [5.74, 6) is -1.56. The van der Waals surface area contributed by atoms with Gasteiger partial charge in [-0.3, -0.25) is 14.6 Å². The molecule has 7 nitrogen and oxygen atoms in total. The highest BCUT2D eigenvalue weighted by Gasteiger charge is 2.58. The van der Waals surface area contributed by atoms with Crippen LogP contribution in [0.5, 0.6) is 0 Å². The predicted octanol–water partition coefficient (Wildman–Crippen LogP) is 6.39. The van der Waals surface area contributed by atoms with Crippen molar-refractivity contribution in [2.24, 2.45) is 0 Å². The third-order valence-corrected chi connectivity index (χ3v) is 9.33. The minimum Gasteiger partial charge on any atom is -0.358 e. The van der Waals surface area contributed by atoms with E-state index in [1.54, 1.807) is 30.6 Å². The number of aryl methyl sites for hydroxylation is 1. The first-order chi connectivity index (χ1) is 21.0. The number of nitrogens with zero attached hydrogens (tertiary/aromatic N) is 5. The summed E-state index contributed by atoms with van der Waals surface area (Å²) in [6.45, 7) is 2.66. The van der Waals surface area contributed by atoms with Crippen LogP contribution in [0.15, 0.2) is 73.1 Å². The predicted molar refractivity (Wildman–Crippen MR) is 155 cm³/mol. The molecule has 1 spiro atoms. The molecular weight excluding hydrogens is 574 g/mol. The molecular formula is C33H29F4N5O2. The van der Waals surface area contributed by atoms with Crippen molar-refractivity contribution in [3.63, 3.8) is 0 Å². The lowest BCUT2D eigenvalue weighted by atomic mass is 9.79. The topological polar surface area (TPSA) is 71.3 Å². The average molecular weight is 604 g/mol. The summed E-state index contributed by atoms with van der Waals surface area (Å²) in [7, 11) is 0. The zero-order valence-electron chi connectivity index (χ0n) is 23.9. The monoisotopic (exact) mass is 603 g/mol. The molecule has 2 bridgehead atoms. The molecule has 2 aromatic carbocycles. The van der Waals surface area contributed by atoms with E-state index >= 15 is 0 Å². The molecule has 0 radical (unpaired) electrons. The van der Waals surface area contributed by atoms with Crippen LogP contribution in [0.3, 0.4) is 0 Å². The second-order valence-electron chi connectivity index (χ2n) is 11.9. The van der Waals surface area contributed by atoms with E-state index in [9.17, 15) is 27.2 Å². The molecule has 1 amide bonds. The molecule has 11 heteroatoms. The largest absolute Gasteiger partial charge is 0.419 e. The molecule has 3 aliphatic rings. The van der Waals surface area contributed by atoms with Gasteiger partial charge in [0.25, 0.3) is 5.91 Å². The van der Waals surface area contributed by atoms with Gasteiger partial charge in [0.05, 0.1) is 16.9 Å². The number of aromatic nitrogens is 3. The van der Waals surface area contributed by atoms with Gasteiger partial charge in [0.2, 0.25) is 0 Å². The zero-order chi connectivity index (χ0) is 30.8. The van der Waals surface area contributed by atoms with Crippen LogP contribution < -0.4 is 4.90 Å². The van der Waals surface area contributed by atoms with Gasteiger partial charge in [-0.2, -0.15) is 18.3 Å². The fourth-order valence-corrected chi connectivity index (χ4v) is 7.32. The van der Waals surface area contributed by atoms with Gasteiger partial charge in [0.15, 0.2) is 11.5 Å². The second-order valence-corrected chi connectivity index (χ2v) is 11.9. The number of rotatable bonds is 4. The number of carbonyl (C=O) groups is 2. The van der Waals surface area contributed by atoms with Gasteiger partial charge in [-0.25, -0.2) is 9.07 Å². The van der Waals surface area contributed by atoms with E-state index < -0.39 is 23.1 Å². The number of pyridine rings is 1. The lowest BCUT2D eigenvalue weighted by Crippen LogP contribution is -2.61. The highest BCUT2D eigenvalue weighted by Crippen LogP contribution is 2.49. The standard InChI is InChI=1S/C33H29F4N5O2/c1-20-4-6-22(7-5-20)40-14-12-30(43)32(40)17-24-8-9-25(18-32)41(24)31(44)28-16-29(21-3-2-13-38-19-21)42(39-28)23-10-11-26(27(34)15-23)33(35,36)37/h2-7,10-11,13,15-16,19,24-25H,8-9,12,14,17-18H2,1H3. The molecule has 5 heterocycles. The number of alkyl halides is 3. The van der Waals surface area contributed by atoms with E-state index in [1.165, 1.54) is 4.68 Å². The van der Waals surface area contributed by atoms with Gasteiger partial charge in [-0.1, -0.05) is 17.7 Å². The zero-order valence-corrected chi connectivity index (χ0v) is 23.9. The Bertz CT molecular complexity index is 1740. The summed E-state index contributed by atoms with van der Waals surface area (Å²) in [5.41, 5.74) is 1.16. The Morgan fingerprint density at radius 3 is 2.32 bits per heavy atom. The van der Waals surface area contributed by atoms with Crippen LogP contribution in [0.1, 0.15) is 53.7 Å². The van der Waals surface area contributed by atoms with Crippen LogP contribution >= 0.6 is 0 Å². The van der Waals surface area contributed by atoms with Crippen LogP contribution in [-0.2, 0) is 11.0 Å². The summed E-state index contributed by atoms with van der Waals surface area (Å²) in [6.07, 6.45) is 1.28. The maximum Gasteiger partial charge on any atom is 0.419 e. The molecule has 44 heavy (non-hydrogen) atoms. The quantitative estimate of drug-likeness (QED) is 0.253. The van der Waals surface area contributed by atoms with Crippen molar-refractivity contribution < 1.29 is 27.2 Å². The van der Waals surface area contributed by atoms with E-state index in [2.05, 4.69) is 15.0 Å². The molecule has 226 valence electrons. The normalized spacial score (nSPS) is 23.2. The molecule has 7 rings (SSSR count). The lowest BCUT2D eigenvalue weighted by molar-refractivity contribution is -0.140. The van der Waals surface area contributed by atoms with Crippen molar-refractivity contribution >= 4 is 17.4 Å². The molecule has 2 unspecified atom stereocenters. The smallest absolute Gasteiger partial charge is 0.358 e. The van der Waals surface area contributed by atoms with Crippen molar-refractivity contribution in [3.8, 4) is 16.9 Å². The maximum atomic E-state index is 14.6. The summed E-state index contributed by atoms with van der Waals surface area (Å²) in [5, 5.41) is 4.51. The van der Waals surface area contributed by atoms with E-state index in [0.717, 1.165) is 36.2 Å². The number of halogens is 4. The highest BCUT2D eigenvalue weighted by molar-refractivity contribution is 5.98. The molecule has 0 N–H and O–H groups in total. The summed E-state index contributed by atoms with van der Waals surface area (Å²) in [6, 6.07) is 15.4. The number of hydrogen-bond donors (Lipinski definition) is 0. The van der Waals surface area contributed by atoms with Gasteiger partial charge in [-0.15, -0.1) is 0 Å². The van der Waals surface area contributed by atoms with Crippen molar-refractivity contribution in [2.45, 2.75) is 62.8 Å². The molecule has 3 saturated heterocycles. The maximum absolute atomic E-state index is 14.6. The first-order valence-corrected chi connectivity index (χ1v) is 14.6. The van der Waals surface area contributed by atoms with Gasteiger partial charge in [-0.05, 0) is 75.1 Å². The van der Waals surface area contributed by atoms with Gasteiger partial charge < -0.3 is 9.80 Å². The lowest BCUT2D eigenvalue weighted by Gasteiger charge is -2.48. The Labute approximate surface area is 251 Å². The van der Waals surface area contributed by atoms with Crippen molar-refractivity contribution in [1.82, 2.24) is 19.7 Å². The van der Waals surface area contributed by atoms with E-state index in [4.69, 9.17) is 0 Å². The first kappa shape index (κ1) is 28.2. The van der Waals surface area contributed by atoms with Gasteiger partial charge in [0, 0.05) is 54.8 Å².